The van der Waals surface area contributed by atoms with Crippen molar-refractivity contribution in [3.8, 4) is 0 Å². The number of imide groups is 1. The monoisotopic (exact) mass is 272 g/mol. The first kappa shape index (κ1) is 13.2. The molecule has 1 aliphatic carbocycles. The zero-order valence-corrected chi connectivity index (χ0v) is 11.8. The lowest BCUT2D eigenvalue weighted by Crippen LogP contribution is -2.48. The van der Waals surface area contributed by atoms with E-state index in [1.165, 1.54) is 4.90 Å². The van der Waals surface area contributed by atoms with E-state index in [2.05, 4.69) is 5.32 Å². The van der Waals surface area contributed by atoms with Crippen molar-refractivity contribution in [1.29, 1.82) is 0 Å². The average Bonchev–Trinajstić information content (AvgIpc) is 2.66. The molecule has 0 unspecified atom stereocenters. The van der Waals surface area contributed by atoms with Crippen LogP contribution in [-0.2, 0) is 11.3 Å². The summed E-state index contributed by atoms with van der Waals surface area (Å²) in [6, 6.07) is 7.65. The van der Waals surface area contributed by atoms with Crippen molar-refractivity contribution in [2.24, 2.45) is 0 Å². The molecule has 0 radical (unpaired) electrons. The molecule has 1 saturated carbocycles. The molecule has 1 aliphatic heterocycles. The van der Waals surface area contributed by atoms with Gasteiger partial charge in [0.05, 0.1) is 6.54 Å². The largest absolute Gasteiger partial charge is 0.325 e. The Hall–Kier alpha value is -1.84. The molecule has 4 nitrogen and oxygen atoms in total. The molecule has 2 aliphatic rings. The Morgan fingerprint density at radius 1 is 1.15 bits per heavy atom. The SMILES string of the molecule is Cc1ccccc1CN1C(=O)NC2(CCCCC2)C1=O. The second-order valence-electron chi connectivity index (χ2n) is 5.89. The molecule has 0 atom stereocenters. The molecule has 1 N–H and O–H groups in total. The number of rotatable bonds is 2. The van der Waals surface area contributed by atoms with E-state index < -0.39 is 5.54 Å². The number of aryl methyl sites for hydroxylation is 1. The maximum Gasteiger partial charge on any atom is 0.325 e. The average molecular weight is 272 g/mol. The fourth-order valence-electron chi connectivity index (χ4n) is 3.27. The molecule has 0 aromatic heterocycles. The van der Waals surface area contributed by atoms with E-state index in [1.54, 1.807) is 0 Å². The predicted octanol–water partition coefficient (Wildman–Crippen LogP) is 2.75. The molecule has 0 bridgehead atoms. The van der Waals surface area contributed by atoms with E-state index in [1.807, 2.05) is 31.2 Å². The van der Waals surface area contributed by atoms with Crippen molar-refractivity contribution in [3.63, 3.8) is 0 Å². The Labute approximate surface area is 119 Å². The molecule has 20 heavy (non-hydrogen) atoms. The number of urea groups is 1. The topological polar surface area (TPSA) is 49.4 Å². The summed E-state index contributed by atoms with van der Waals surface area (Å²) in [5.74, 6) is -0.0366. The van der Waals surface area contributed by atoms with Crippen LogP contribution in [0.4, 0.5) is 4.79 Å². The van der Waals surface area contributed by atoms with E-state index in [-0.39, 0.29) is 11.9 Å². The Kier molecular flexibility index (Phi) is 3.24. The smallest absolute Gasteiger partial charge is 0.323 e. The van der Waals surface area contributed by atoms with Gasteiger partial charge in [0.15, 0.2) is 0 Å². The van der Waals surface area contributed by atoms with Crippen LogP contribution in [0.15, 0.2) is 24.3 Å². The van der Waals surface area contributed by atoms with Gasteiger partial charge in [-0.3, -0.25) is 9.69 Å². The molecule has 2 fully saturated rings. The van der Waals surface area contributed by atoms with Crippen LogP contribution in [-0.4, -0.2) is 22.4 Å². The molecule has 3 amide bonds. The van der Waals surface area contributed by atoms with Crippen LogP contribution < -0.4 is 5.32 Å². The lowest BCUT2D eigenvalue weighted by Gasteiger charge is -2.30. The standard InChI is InChI=1S/C16H20N2O2/c1-12-7-3-4-8-13(12)11-18-14(19)16(17-15(18)20)9-5-2-6-10-16/h3-4,7-8H,2,5-6,9-11H2,1H3,(H,17,20). The number of amides is 3. The van der Waals surface area contributed by atoms with Crippen LogP contribution in [0.2, 0.25) is 0 Å². The van der Waals surface area contributed by atoms with Gasteiger partial charge in [-0.2, -0.15) is 0 Å². The lowest BCUT2D eigenvalue weighted by molar-refractivity contribution is -0.132. The molecule has 1 aromatic carbocycles. The maximum absolute atomic E-state index is 12.7. The van der Waals surface area contributed by atoms with Crippen LogP contribution >= 0.6 is 0 Å². The van der Waals surface area contributed by atoms with Crippen LogP contribution in [0.5, 0.6) is 0 Å². The summed E-state index contributed by atoms with van der Waals surface area (Å²) < 4.78 is 0. The molecule has 1 heterocycles. The van der Waals surface area contributed by atoms with Crippen LogP contribution in [0.3, 0.4) is 0 Å². The molecule has 1 saturated heterocycles. The Balaban J connectivity index is 1.82. The molecular formula is C16H20N2O2. The first-order chi connectivity index (χ1) is 9.62. The Bertz CT molecular complexity index is 547. The van der Waals surface area contributed by atoms with Gasteiger partial charge in [-0.05, 0) is 30.9 Å². The normalized spacial score (nSPS) is 21.4. The fourth-order valence-corrected chi connectivity index (χ4v) is 3.27. The second-order valence-corrected chi connectivity index (χ2v) is 5.89. The van der Waals surface area contributed by atoms with Gasteiger partial charge in [0.25, 0.3) is 5.91 Å². The van der Waals surface area contributed by atoms with Crippen molar-refractivity contribution >= 4 is 11.9 Å². The summed E-state index contributed by atoms with van der Waals surface area (Å²) in [4.78, 5) is 26.2. The summed E-state index contributed by atoms with van der Waals surface area (Å²) >= 11 is 0. The molecule has 1 aromatic rings. The highest BCUT2D eigenvalue weighted by Crippen LogP contribution is 2.34. The van der Waals surface area contributed by atoms with Gasteiger partial charge in [0.2, 0.25) is 0 Å². The van der Waals surface area contributed by atoms with Crippen molar-refractivity contribution in [1.82, 2.24) is 10.2 Å². The van der Waals surface area contributed by atoms with Gasteiger partial charge < -0.3 is 5.32 Å². The third-order valence-corrected chi connectivity index (χ3v) is 4.54. The fraction of sp³-hybridized carbons (Fsp3) is 0.500. The maximum atomic E-state index is 12.7. The number of carbonyl (C=O) groups is 2. The van der Waals surface area contributed by atoms with E-state index in [0.717, 1.165) is 43.2 Å². The van der Waals surface area contributed by atoms with Gasteiger partial charge in [-0.15, -0.1) is 0 Å². The van der Waals surface area contributed by atoms with E-state index in [9.17, 15) is 9.59 Å². The third-order valence-electron chi connectivity index (χ3n) is 4.54. The first-order valence-corrected chi connectivity index (χ1v) is 7.31. The second kappa shape index (κ2) is 4.93. The van der Waals surface area contributed by atoms with Crippen LogP contribution in [0.25, 0.3) is 0 Å². The van der Waals surface area contributed by atoms with Gasteiger partial charge >= 0.3 is 6.03 Å². The number of hydrogen-bond donors (Lipinski definition) is 1. The molecular weight excluding hydrogens is 252 g/mol. The van der Waals surface area contributed by atoms with Crippen LogP contribution in [0, 0.1) is 6.92 Å². The summed E-state index contributed by atoms with van der Waals surface area (Å²) in [6.07, 6.45) is 4.75. The van der Waals surface area contributed by atoms with E-state index in [0.29, 0.717) is 6.54 Å². The van der Waals surface area contributed by atoms with Crippen molar-refractivity contribution < 1.29 is 9.59 Å². The minimum Gasteiger partial charge on any atom is -0.323 e. The van der Waals surface area contributed by atoms with E-state index >= 15 is 0 Å². The van der Waals surface area contributed by atoms with Crippen LogP contribution in [0.1, 0.15) is 43.2 Å². The minimum atomic E-state index is -0.613. The quantitative estimate of drug-likeness (QED) is 0.842. The van der Waals surface area contributed by atoms with Gasteiger partial charge in [-0.1, -0.05) is 43.5 Å². The highest BCUT2D eigenvalue weighted by molar-refractivity contribution is 6.07. The predicted molar refractivity (Wildman–Crippen MR) is 76.1 cm³/mol. The summed E-state index contributed by atoms with van der Waals surface area (Å²) in [6.45, 7) is 2.38. The molecule has 106 valence electrons. The third kappa shape index (κ3) is 2.09. The zero-order chi connectivity index (χ0) is 14.2. The minimum absolute atomic E-state index is 0.0366. The highest BCUT2D eigenvalue weighted by atomic mass is 16.2. The van der Waals surface area contributed by atoms with Crippen molar-refractivity contribution in [2.45, 2.75) is 51.1 Å². The molecule has 1 spiro atoms. The highest BCUT2D eigenvalue weighted by Gasteiger charge is 2.51. The number of nitrogens with one attached hydrogen (secondary N) is 1. The zero-order valence-electron chi connectivity index (χ0n) is 11.8. The van der Waals surface area contributed by atoms with Gasteiger partial charge in [0, 0.05) is 0 Å². The number of carbonyl (C=O) groups excluding carboxylic acids is 2. The number of hydrogen-bond acceptors (Lipinski definition) is 2. The molecule has 3 rings (SSSR count). The van der Waals surface area contributed by atoms with Crippen molar-refractivity contribution in [3.05, 3.63) is 35.4 Å². The molecule has 4 heteroatoms. The number of nitrogens with zero attached hydrogens (tertiary/aromatic N) is 1. The summed E-state index contributed by atoms with van der Waals surface area (Å²) in [5, 5.41) is 2.95. The Morgan fingerprint density at radius 3 is 2.55 bits per heavy atom. The summed E-state index contributed by atoms with van der Waals surface area (Å²) in [5.41, 5.74) is 1.53. The number of benzene rings is 1. The van der Waals surface area contributed by atoms with Gasteiger partial charge in [0.1, 0.15) is 5.54 Å². The Morgan fingerprint density at radius 2 is 1.85 bits per heavy atom. The van der Waals surface area contributed by atoms with E-state index in [4.69, 9.17) is 0 Å². The first-order valence-electron chi connectivity index (χ1n) is 7.31. The van der Waals surface area contributed by atoms with Gasteiger partial charge in [-0.25, -0.2) is 4.79 Å². The summed E-state index contributed by atoms with van der Waals surface area (Å²) in [7, 11) is 0. The van der Waals surface area contributed by atoms with Crippen molar-refractivity contribution in [2.75, 3.05) is 0 Å². The lowest BCUT2D eigenvalue weighted by atomic mass is 9.82.